The second-order valence-corrected chi connectivity index (χ2v) is 6.16. The first-order valence-corrected chi connectivity index (χ1v) is 8.51. The van der Waals surface area contributed by atoms with Crippen LogP contribution in [-0.4, -0.2) is 21.8 Å². The molecule has 3 rings (SSSR count). The molecule has 0 radical (unpaired) electrons. The van der Waals surface area contributed by atoms with Gasteiger partial charge in [0.25, 0.3) is 11.6 Å². The normalized spacial score (nSPS) is 12.0. The van der Waals surface area contributed by atoms with E-state index >= 15 is 0 Å². The molecule has 0 saturated heterocycles. The number of anilines is 1. The van der Waals surface area contributed by atoms with Crippen LogP contribution in [0, 0.1) is 10.1 Å². The Morgan fingerprint density at radius 1 is 1.21 bits per heavy atom. The number of nitro benzene ring substituents is 1. The number of H-pyrrole nitrogens is 1. The number of nitrogens with two attached hydrogens (primary N) is 2. The van der Waals surface area contributed by atoms with E-state index in [0.29, 0.717) is 16.6 Å². The third-order valence-corrected chi connectivity index (χ3v) is 4.11. The molecule has 3 aromatic rings. The molecule has 0 aliphatic heterocycles. The maximum absolute atomic E-state index is 12.5. The maximum atomic E-state index is 12.5. The van der Waals surface area contributed by atoms with E-state index < -0.39 is 10.8 Å². The van der Waals surface area contributed by atoms with Gasteiger partial charge in [-0.25, -0.2) is 0 Å². The summed E-state index contributed by atoms with van der Waals surface area (Å²) in [7, 11) is 0. The van der Waals surface area contributed by atoms with Crippen LogP contribution in [0.5, 0.6) is 0 Å². The molecule has 148 valence electrons. The van der Waals surface area contributed by atoms with E-state index in [1.807, 2.05) is 6.92 Å². The molecule has 1 heterocycles. The molecule has 1 atom stereocenters. The van der Waals surface area contributed by atoms with E-state index in [1.54, 1.807) is 42.5 Å². The fraction of sp³-hybridized carbons (Fsp3) is 0.111. The molecular weight excluding hydrogens is 376 g/mol. The summed E-state index contributed by atoms with van der Waals surface area (Å²) in [6.45, 7) is 1.82. The van der Waals surface area contributed by atoms with Crippen LogP contribution in [0.25, 0.3) is 10.9 Å². The van der Waals surface area contributed by atoms with Gasteiger partial charge in [0, 0.05) is 17.1 Å². The van der Waals surface area contributed by atoms with Gasteiger partial charge in [0.2, 0.25) is 5.96 Å². The van der Waals surface area contributed by atoms with Crippen molar-refractivity contribution in [3.8, 4) is 0 Å². The number of aromatic nitrogens is 1. The minimum absolute atomic E-state index is 0.0882. The lowest BCUT2D eigenvalue weighted by atomic mass is 10.1. The molecule has 0 fully saturated rings. The number of nitro groups is 1. The third-order valence-electron chi connectivity index (χ3n) is 4.11. The second kappa shape index (κ2) is 8.17. The monoisotopic (exact) mass is 394 g/mol. The van der Waals surface area contributed by atoms with Gasteiger partial charge in [-0.15, -0.1) is 0 Å². The minimum atomic E-state index is -0.495. The summed E-state index contributed by atoms with van der Waals surface area (Å²) in [5, 5.41) is 25.4. The van der Waals surface area contributed by atoms with E-state index in [2.05, 4.69) is 25.7 Å². The molecule has 0 saturated carbocycles. The molecule has 11 nitrogen and oxygen atoms in total. The number of rotatable bonds is 6. The van der Waals surface area contributed by atoms with Gasteiger partial charge in [-0.05, 0) is 35.9 Å². The van der Waals surface area contributed by atoms with Gasteiger partial charge >= 0.3 is 0 Å². The molecule has 0 aliphatic rings. The van der Waals surface area contributed by atoms with Gasteiger partial charge in [0.1, 0.15) is 11.2 Å². The first kappa shape index (κ1) is 19.5. The first-order valence-electron chi connectivity index (χ1n) is 8.51. The number of benzene rings is 2. The number of hydrogen-bond donors (Lipinski definition) is 4. The van der Waals surface area contributed by atoms with Gasteiger partial charge in [-0.2, -0.15) is 5.11 Å². The van der Waals surface area contributed by atoms with E-state index in [1.165, 1.54) is 6.07 Å². The van der Waals surface area contributed by atoms with Crippen LogP contribution in [-0.2, 0) is 0 Å². The van der Waals surface area contributed by atoms with Crippen molar-refractivity contribution in [1.82, 2.24) is 4.98 Å². The summed E-state index contributed by atoms with van der Waals surface area (Å²) in [6, 6.07) is 12.9. The number of para-hydroxylation sites is 1. The quantitative estimate of drug-likeness (QED) is 0.165. The SMILES string of the molecule is CC(N=NN=C(N)N)c1ccc(NC(=O)c2cc3cccc([N+](=O)[O-])c3[nH]2)cc1. The molecular formula is C18H18N8O3. The lowest BCUT2D eigenvalue weighted by Crippen LogP contribution is -2.21. The smallest absolute Gasteiger partial charge is 0.293 e. The van der Waals surface area contributed by atoms with Crippen LogP contribution in [0.4, 0.5) is 11.4 Å². The van der Waals surface area contributed by atoms with Gasteiger partial charge in [0.05, 0.1) is 11.0 Å². The molecule has 11 heteroatoms. The Balaban J connectivity index is 1.73. The second-order valence-electron chi connectivity index (χ2n) is 6.16. The molecule has 1 aromatic heterocycles. The third kappa shape index (κ3) is 4.53. The van der Waals surface area contributed by atoms with Crippen LogP contribution in [0.3, 0.4) is 0 Å². The summed E-state index contributed by atoms with van der Waals surface area (Å²) < 4.78 is 0. The van der Waals surface area contributed by atoms with Crippen molar-refractivity contribution in [2.45, 2.75) is 13.0 Å². The number of aromatic amines is 1. The van der Waals surface area contributed by atoms with Gasteiger partial charge in [-0.1, -0.05) is 29.4 Å². The first-order chi connectivity index (χ1) is 13.8. The number of nitrogens with one attached hydrogen (secondary N) is 2. The summed E-state index contributed by atoms with van der Waals surface area (Å²) in [6.07, 6.45) is 0. The average molecular weight is 394 g/mol. The molecule has 1 unspecified atom stereocenters. The Hall–Kier alpha value is -4.28. The molecule has 1 amide bonds. The van der Waals surface area contributed by atoms with E-state index in [4.69, 9.17) is 11.5 Å². The summed E-state index contributed by atoms with van der Waals surface area (Å²) in [5.41, 5.74) is 12.2. The fourth-order valence-corrected chi connectivity index (χ4v) is 2.68. The predicted molar refractivity (Wildman–Crippen MR) is 108 cm³/mol. The lowest BCUT2D eigenvalue weighted by molar-refractivity contribution is -0.383. The molecule has 0 spiro atoms. The molecule has 29 heavy (non-hydrogen) atoms. The molecule has 6 N–H and O–H groups in total. The zero-order valence-corrected chi connectivity index (χ0v) is 15.4. The Labute approximate surface area is 164 Å². The highest BCUT2D eigenvalue weighted by Crippen LogP contribution is 2.26. The Kier molecular flexibility index (Phi) is 5.49. The van der Waals surface area contributed by atoms with Crippen molar-refractivity contribution in [3.63, 3.8) is 0 Å². The number of carbonyl (C=O) groups excluding carboxylic acids is 1. The van der Waals surface area contributed by atoms with Crippen molar-refractivity contribution >= 4 is 34.1 Å². The summed E-state index contributed by atoms with van der Waals surface area (Å²) >= 11 is 0. The molecule has 0 aliphatic carbocycles. The Morgan fingerprint density at radius 2 is 1.93 bits per heavy atom. The standard InChI is InChI=1S/C18H18N8O3/c1-10(23-25-24-18(19)20)11-5-7-13(8-6-11)21-17(27)14-9-12-3-2-4-15(26(28)29)16(12)22-14/h2-10,22H,1H3,(H,21,27)(H4,19,20,23,24). The zero-order valence-electron chi connectivity index (χ0n) is 15.4. The lowest BCUT2D eigenvalue weighted by Gasteiger charge is -2.07. The number of nitrogens with zero attached hydrogens (tertiary/aromatic N) is 4. The Morgan fingerprint density at radius 3 is 2.59 bits per heavy atom. The average Bonchev–Trinajstić information content (AvgIpc) is 3.12. The van der Waals surface area contributed by atoms with Crippen molar-refractivity contribution in [2.75, 3.05) is 5.32 Å². The van der Waals surface area contributed by atoms with Gasteiger partial charge in [0.15, 0.2) is 0 Å². The Bertz CT molecular complexity index is 1110. The highest BCUT2D eigenvalue weighted by Gasteiger charge is 2.17. The predicted octanol–water partition coefficient (Wildman–Crippen LogP) is 3.03. The van der Waals surface area contributed by atoms with Crippen LogP contribution >= 0.6 is 0 Å². The maximum Gasteiger partial charge on any atom is 0.293 e. The van der Waals surface area contributed by atoms with Crippen molar-refractivity contribution in [1.29, 1.82) is 0 Å². The van der Waals surface area contributed by atoms with E-state index in [9.17, 15) is 14.9 Å². The largest absolute Gasteiger partial charge is 0.368 e. The number of fused-ring (bicyclic) bond motifs is 1. The van der Waals surface area contributed by atoms with Gasteiger partial charge < -0.3 is 21.8 Å². The van der Waals surface area contributed by atoms with Crippen LogP contribution in [0.2, 0.25) is 0 Å². The number of amides is 1. The van der Waals surface area contributed by atoms with Gasteiger partial charge in [-0.3, -0.25) is 14.9 Å². The van der Waals surface area contributed by atoms with Crippen molar-refractivity contribution in [2.24, 2.45) is 26.9 Å². The zero-order chi connectivity index (χ0) is 21.0. The number of hydrogen-bond acceptors (Lipinski definition) is 5. The highest BCUT2D eigenvalue weighted by molar-refractivity contribution is 6.06. The summed E-state index contributed by atoms with van der Waals surface area (Å²) in [5.74, 6) is -0.593. The number of guanidine groups is 1. The molecule has 0 bridgehead atoms. The number of carbonyl (C=O) groups is 1. The minimum Gasteiger partial charge on any atom is -0.368 e. The molecule has 2 aromatic carbocycles. The van der Waals surface area contributed by atoms with Crippen LogP contribution in [0.15, 0.2) is 64.0 Å². The van der Waals surface area contributed by atoms with E-state index in [-0.39, 0.29) is 23.4 Å². The van der Waals surface area contributed by atoms with E-state index in [0.717, 1.165) is 5.56 Å². The summed E-state index contributed by atoms with van der Waals surface area (Å²) in [4.78, 5) is 25.9. The van der Waals surface area contributed by atoms with Crippen molar-refractivity contribution in [3.05, 3.63) is 69.9 Å². The van der Waals surface area contributed by atoms with Crippen LogP contribution < -0.4 is 16.8 Å². The fourth-order valence-electron chi connectivity index (χ4n) is 2.68. The highest BCUT2D eigenvalue weighted by atomic mass is 16.6. The van der Waals surface area contributed by atoms with Crippen molar-refractivity contribution < 1.29 is 9.72 Å². The van der Waals surface area contributed by atoms with Crippen LogP contribution in [0.1, 0.15) is 29.0 Å². The topological polar surface area (TPSA) is 177 Å². The number of non-ortho nitro benzene ring substituents is 1.